The normalized spacial score (nSPS) is 16.2. The Labute approximate surface area is 183 Å². The van der Waals surface area contributed by atoms with Gasteiger partial charge in [0, 0.05) is 50.0 Å². The summed E-state index contributed by atoms with van der Waals surface area (Å²) < 4.78 is 5.36. The van der Waals surface area contributed by atoms with Crippen molar-refractivity contribution in [2.24, 2.45) is 0 Å². The first kappa shape index (κ1) is 21.3. The van der Waals surface area contributed by atoms with Gasteiger partial charge >= 0.3 is 0 Å². The SMILES string of the molecule is COCCC1(NC(=O)c2ccccc2)CCN(Cc2cn[nH]c2-c2ccccc2)CC1. The second-order valence-electron chi connectivity index (χ2n) is 8.26. The molecule has 2 N–H and O–H groups in total. The molecule has 0 bridgehead atoms. The van der Waals surface area contributed by atoms with Crippen molar-refractivity contribution in [3.8, 4) is 11.3 Å². The average molecular weight is 419 g/mol. The standard InChI is InChI=1S/C25H30N4O2/c1-31-17-14-25(27-24(30)21-10-6-3-7-11-21)12-15-29(16-13-25)19-22-18-26-28-23(22)20-8-4-2-5-9-20/h2-11,18H,12-17,19H2,1H3,(H,26,28)(H,27,30). The molecule has 1 aliphatic rings. The molecule has 0 atom stereocenters. The number of benzene rings is 2. The quantitative estimate of drug-likeness (QED) is 0.583. The predicted octanol–water partition coefficient (Wildman–Crippen LogP) is 3.88. The summed E-state index contributed by atoms with van der Waals surface area (Å²) in [6.07, 6.45) is 4.53. The van der Waals surface area contributed by atoms with Crippen molar-refractivity contribution < 1.29 is 9.53 Å². The molecular formula is C25H30N4O2. The van der Waals surface area contributed by atoms with E-state index in [1.54, 1.807) is 7.11 Å². The zero-order valence-electron chi connectivity index (χ0n) is 18.0. The molecule has 3 aromatic rings. The third kappa shape index (κ3) is 5.21. The lowest BCUT2D eigenvalue weighted by Gasteiger charge is -2.42. The highest BCUT2D eigenvalue weighted by atomic mass is 16.5. The van der Waals surface area contributed by atoms with E-state index < -0.39 is 0 Å². The Morgan fingerprint density at radius 2 is 1.77 bits per heavy atom. The zero-order chi connectivity index (χ0) is 21.5. The Bertz CT molecular complexity index is 963. The van der Waals surface area contributed by atoms with Crippen LogP contribution in [0.1, 0.15) is 35.2 Å². The van der Waals surface area contributed by atoms with E-state index in [4.69, 9.17) is 4.74 Å². The molecule has 1 saturated heterocycles. The van der Waals surface area contributed by atoms with Crippen LogP contribution in [0.5, 0.6) is 0 Å². The molecular weight excluding hydrogens is 388 g/mol. The van der Waals surface area contributed by atoms with E-state index in [1.807, 2.05) is 54.7 Å². The fourth-order valence-electron chi connectivity index (χ4n) is 4.30. The van der Waals surface area contributed by atoms with Crippen molar-refractivity contribution >= 4 is 5.91 Å². The number of aromatic nitrogens is 2. The van der Waals surface area contributed by atoms with E-state index in [0.717, 1.165) is 50.2 Å². The van der Waals surface area contributed by atoms with E-state index in [0.29, 0.717) is 12.2 Å². The number of rotatable bonds is 8. The highest BCUT2D eigenvalue weighted by Gasteiger charge is 2.36. The Morgan fingerprint density at radius 3 is 2.45 bits per heavy atom. The molecule has 1 amide bonds. The van der Waals surface area contributed by atoms with Gasteiger partial charge in [-0.2, -0.15) is 5.10 Å². The number of carbonyl (C=O) groups is 1. The molecule has 1 aromatic heterocycles. The number of nitrogens with one attached hydrogen (secondary N) is 2. The van der Waals surface area contributed by atoms with E-state index in [9.17, 15) is 4.79 Å². The maximum absolute atomic E-state index is 12.8. The van der Waals surface area contributed by atoms with Gasteiger partial charge in [0.1, 0.15) is 0 Å². The van der Waals surface area contributed by atoms with Gasteiger partial charge in [-0.15, -0.1) is 0 Å². The van der Waals surface area contributed by atoms with Crippen LogP contribution in [-0.2, 0) is 11.3 Å². The highest BCUT2D eigenvalue weighted by Crippen LogP contribution is 2.29. The van der Waals surface area contributed by atoms with Crippen LogP contribution < -0.4 is 5.32 Å². The number of aromatic amines is 1. The lowest BCUT2D eigenvalue weighted by atomic mass is 9.84. The van der Waals surface area contributed by atoms with Crippen LogP contribution in [0.3, 0.4) is 0 Å². The van der Waals surface area contributed by atoms with E-state index in [2.05, 4.69) is 32.5 Å². The Kier molecular flexibility index (Phi) is 6.79. The first-order chi connectivity index (χ1) is 15.2. The molecule has 1 fully saturated rings. The van der Waals surface area contributed by atoms with Crippen molar-refractivity contribution in [3.05, 3.63) is 78.0 Å². The summed E-state index contributed by atoms with van der Waals surface area (Å²) in [6.45, 7) is 3.30. The number of hydrogen-bond donors (Lipinski definition) is 2. The van der Waals surface area contributed by atoms with Crippen LogP contribution in [0.4, 0.5) is 0 Å². The van der Waals surface area contributed by atoms with Crippen LogP contribution >= 0.6 is 0 Å². The molecule has 31 heavy (non-hydrogen) atoms. The maximum Gasteiger partial charge on any atom is 0.251 e. The molecule has 1 aliphatic heterocycles. The van der Waals surface area contributed by atoms with Gasteiger partial charge < -0.3 is 10.1 Å². The molecule has 0 unspecified atom stereocenters. The molecule has 2 aromatic carbocycles. The van der Waals surface area contributed by atoms with Gasteiger partial charge in [0.2, 0.25) is 0 Å². The van der Waals surface area contributed by atoms with Gasteiger partial charge in [-0.05, 0) is 37.0 Å². The summed E-state index contributed by atoms with van der Waals surface area (Å²) in [6, 6.07) is 19.7. The van der Waals surface area contributed by atoms with Gasteiger partial charge in [-0.1, -0.05) is 48.5 Å². The van der Waals surface area contributed by atoms with Gasteiger partial charge in [0.15, 0.2) is 0 Å². The second kappa shape index (κ2) is 9.90. The smallest absolute Gasteiger partial charge is 0.251 e. The Morgan fingerprint density at radius 1 is 1.10 bits per heavy atom. The molecule has 4 rings (SSSR count). The van der Waals surface area contributed by atoms with Crippen molar-refractivity contribution in [2.75, 3.05) is 26.8 Å². The van der Waals surface area contributed by atoms with E-state index in [1.165, 1.54) is 5.56 Å². The fourth-order valence-corrected chi connectivity index (χ4v) is 4.30. The minimum atomic E-state index is -0.238. The first-order valence-corrected chi connectivity index (χ1v) is 10.9. The molecule has 0 saturated carbocycles. The highest BCUT2D eigenvalue weighted by molar-refractivity contribution is 5.94. The minimum absolute atomic E-state index is 0.00801. The largest absolute Gasteiger partial charge is 0.385 e. The zero-order valence-corrected chi connectivity index (χ0v) is 18.0. The van der Waals surface area contributed by atoms with Gasteiger partial charge in [0.25, 0.3) is 5.91 Å². The number of methoxy groups -OCH3 is 1. The Balaban J connectivity index is 1.41. The van der Waals surface area contributed by atoms with Crippen molar-refractivity contribution in [3.63, 3.8) is 0 Å². The van der Waals surface area contributed by atoms with Crippen LogP contribution in [0.2, 0.25) is 0 Å². The van der Waals surface area contributed by atoms with Gasteiger partial charge in [0.05, 0.1) is 11.9 Å². The molecule has 0 aliphatic carbocycles. The fraction of sp³-hybridized carbons (Fsp3) is 0.360. The molecule has 2 heterocycles. The average Bonchev–Trinajstić information content (AvgIpc) is 3.28. The summed E-state index contributed by atoms with van der Waals surface area (Å²) >= 11 is 0. The molecule has 0 radical (unpaired) electrons. The summed E-state index contributed by atoms with van der Waals surface area (Å²) in [4.78, 5) is 15.3. The summed E-state index contributed by atoms with van der Waals surface area (Å²) in [5.41, 5.74) is 3.89. The number of ether oxygens (including phenoxy) is 1. The topological polar surface area (TPSA) is 70.2 Å². The number of piperidine rings is 1. The molecule has 0 spiro atoms. The lowest BCUT2D eigenvalue weighted by Crippen LogP contribution is -2.55. The molecule has 6 heteroatoms. The summed E-state index contributed by atoms with van der Waals surface area (Å²) in [5.74, 6) is -0.00801. The summed E-state index contributed by atoms with van der Waals surface area (Å²) in [7, 11) is 1.71. The molecule has 162 valence electrons. The van der Waals surface area contributed by atoms with E-state index in [-0.39, 0.29) is 11.4 Å². The number of H-pyrrole nitrogens is 1. The number of nitrogens with zero attached hydrogens (tertiary/aromatic N) is 2. The number of hydrogen-bond acceptors (Lipinski definition) is 4. The first-order valence-electron chi connectivity index (χ1n) is 10.9. The van der Waals surface area contributed by atoms with Crippen LogP contribution in [-0.4, -0.2) is 53.3 Å². The number of amides is 1. The monoisotopic (exact) mass is 418 g/mol. The van der Waals surface area contributed by atoms with Gasteiger partial charge in [-0.25, -0.2) is 0 Å². The summed E-state index contributed by atoms with van der Waals surface area (Å²) in [5, 5.41) is 10.8. The third-order valence-corrected chi connectivity index (χ3v) is 6.19. The van der Waals surface area contributed by atoms with Crippen LogP contribution in [0, 0.1) is 0 Å². The molecule has 6 nitrogen and oxygen atoms in total. The van der Waals surface area contributed by atoms with Crippen molar-refractivity contribution in [2.45, 2.75) is 31.3 Å². The lowest BCUT2D eigenvalue weighted by molar-refractivity contribution is 0.0691. The minimum Gasteiger partial charge on any atom is -0.385 e. The van der Waals surface area contributed by atoms with Crippen LogP contribution in [0.25, 0.3) is 11.3 Å². The van der Waals surface area contributed by atoms with Crippen molar-refractivity contribution in [1.82, 2.24) is 20.4 Å². The van der Waals surface area contributed by atoms with E-state index >= 15 is 0 Å². The number of likely N-dealkylation sites (tertiary alicyclic amines) is 1. The third-order valence-electron chi connectivity index (χ3n) is 6.19. The second-order valence-corrected chi connectivity index (χ2v) is 8.26. The van der Waals surface area contributed by atoms with Gasteiger partial charge in [-0.3, -0.25) is 14.8 Å². The maximum atomic E-state index is 12.8. The van der Waals surface area contributed by atoms with Crippen molar-refractivity contribution in [1.29, 1.82) is 0 Å². The predicted molar refractivity (Wildman–Crippen MR) is 122 cm³/mol. The number of carbonyl (C=O) groups excluding carboxylic acids is 1. The Hall–Kier alpha value is -2.96. The van der Waals surface area contributed by atoms with Crippen LogP contribution in [0.15, 0.2) is 66.9 Å².